The summed E-state index contributed by atoms with van der Waals surface area (Å²) >= 11 is 0. The molecule has 6 N–H and O–H groups in total. The summed E-state index contributed by atoms with van der Waals surface area (Å²) in [5.41, 5.74) is 7.45. The minimum Gasteiger partial charge on any atom is -0.493 e. The maximum atomic E-state index is 13.7. The van der Waals surface area contributed by atoms with Crippen molar-refractivity contribution < 1.29 is 55.9 Å². The fourth-order valence-electron chi connectivity index (χ4n) is 7.06. The maximum absolute atomic E-state index is 13.7. The Morgan fingerprint density at radius 3 is 1.70 bits per heavy atom. The molecular weight excluding hydrogens is 837 g/mol. The molecule has 16 heteroatoms. The minimum absolute atomic E-state index is 0.0246. The second kappa shape index (κ2) is 22.5. The molecule has 0 aliphatic carbocycles. The number of hydrogen-bond acceptors (Lipinski definition) is 10. The summed E-state index contributed by atoms with van der Waals surface area (Å²) in [4.78, 5) is 24.1. The highest BCUT2D eigenvalue weighted by atomic mass is 19.1. The van der Waals surface area contributed by atoms with Crippen LogP contribution in [0.5, 0.6) is 11.5 Å². The van der Waals surface area contributed by atoms with Crippen molar-refractivity contribution in [3.8, 4) is 11.5 Å². The Hall–Kier alpha value is -5.42. The van der Waals surface area contributed by atoms with Crippen molar-refractivity contribution in [2.24, 2.45) is 5.73 Å². The molecule has 64 heavy (non-hydrogen) atoms. The number of hydrogen-bond donors (Lipinski definition) is 5. The first kappa shape index (κ1) is 49.6. The van der Waals surface area contributed by atoms with Gasteiger partial charge in [-0.3, -0.25) is 0 Å². The number of nitrogens with two attached hydrogens (primary N) is 1. The number of para-hydroxylation sites is 2. The number of fused-ring (bicyclic) bond motifs is 2. The predicted octanol–water partition coefficient (Wildman–Crippen LogP) is 8.14. The average molecular weight is 897 g/mol. The van der Waals surface area contributed by atoms with Crippen LogP contribution in [0, 0.1) is 23.3 Å². The van der Waals surface area contributed by atoms with Crippen molar-refractivity contribution in [3.05, 3.63) is 130 Å². The van der Waals surface area contributed by atoms with Crippen molar-refractivity contribution in [3.63, 3.8) is 0 Å². The molecule has 3 aliphatic rings. The van der Waals surface area contributed by atoms with E-state index in [2.05, 4.69) is 16.0 Å². The quantitative estimate of drug-likeness (QED) is 0.0733. The summed E-state index contributed by atoms with van der Waals surface area (Å²) in [7, 11) is 0. The van der Waals surface area contributed by atoms with Gasteiger partial charge in [0.25, 0.3) is 0 Å². The largest absolute Gasteiger partial charge is 0.493 e. The molecule has 348 valence electrons. The van der Waals surface area contributed by atoms with Crippen LogP contribution < -0.4 is 31.2 Å². The third-order valence-corrected chi connectivity index (χ3v) is 9.97. The van der Waals surface area contributed by atoms with Gasteiger partial charge in [-0.05, 0) is 102 Å². The van der Waals surface area contributed by atoms with E-state index in [0.717, 1.165) is 54.2 Å². The van der Waals surface area contributed by atoms with E-state index in [1.807, 2.05) is 48.5 Å². The fourth-order valence-corrected chi connectivity index (χ4v) is 7.06. The summed E-state index contributed by atoms with van der Waals surface area (Å²) in [5, 5.41) is 19.5. The van der Waals surface area contributed by atoms with Gasteiger partial charge in [-0.25, -0.2) is 27.2 Å². The number of benzene rings is 4. The second-order valence-electron chi connectivity index (χ2n) is 17.8. The number of nitrogens with one attached hydrogen (secondary N) is 3. The van der Waals surface area contributed by atoms with Crippen LogP contribution in [0.25, 0.3) is 0 Å². The number of halogens is 4. The van der Waals surface area contributed by atoms with E-state index in [1.54, 1.807) is 41.5 Å². The van der Waals surface area contributed by atoms with Gasteiger partial charge >= 0.3 is 12.2 Å². The molecule has 0 aromatic heterocycles. The Balaban J connectivity index is 0.000000204. The topological polar surface area (TPSA) is 166 Å². The number of ether oxygens (including phenoxy) is 5. The third-order valence-electron chi connectivity index (χ3n) is 9.97. The predicted molar refractivity (Wildman–Crippen MR) is 233 cm³/mol. The summed E-state index contributed by atoms with van der Waals surface area (Å²) < 4.78 is 80.4. The zero-order valence-electron chi connectivity index (χ0n) is 37.1. The standard InChI is InChI=1S/C24H30F2N2O4.C15H19F2NO3.C9H11NO/c1-24(2,3)32-23(30)28-20(12-15-10-16(25)13-17(26)11-15)21(29)14-27-19-8-9-31-22-7-5-4-6-18(19)22;1-15(2,3)21-14(19)18-12(13-8-20-13)6-9-4-10(16)7-11(17)5-9;10-8-5-6-11-9-4-2-1-3-7(8)9/h4-7,10-11,13,19-21,27,29H,8-9,12,14H2,1-3H3,(H,28,30);4-5,7,12-13H,6,8H2,1-3H3,(H,18,19);1-4,8H,5-6,10H2/t19?,20?,21-;;/m1../s1. The first-order valence-electron chi connectivity index (χ1n) is 21.3. The van der Waals surface area contributed by atoms with Gasteiger partial charge in [0.15, 0.2) is 0 Å². The Morgan fingerprint density at radius 1 is 0.719 bits per heavy atom. The molecule has 5 unspecified atom stereocenters. The normalized spacial score (nSPS) is 18.8. The third kappa shape index (κ3) is 16.6. The highest BCUT2D eigenvalue weighted by molar-refractivity contribution is 5.68. The molecule has 7 rings (SSSR count). The van der Waals surface area contributed by atoms with E-state index >= 15 is 0 Å². The maximum Gasteiger partial charge on any atom is 0.407 e. The minimum atomic E-state index is -1.04. The summed E-state index contributed by atoms with van der Waals surface area (Å²) in [6.45, 7) is 12.4. The van der Waals surface area contributed by atoms with Crippen LogP contribution in [-0.4, -0.2) is 79.2 Å². The van der Waals surface area contributed by atoms with Crippen LogP contribution in [-0.2, 0) is 27.1 Å². The highest BCUT2D eigenvalue weighted by Crippen LogP contribution is 2.32. The molecule has 2 amide bonds. The van der Waals surface area contributed by atoms with Crippen LogP contribution in [0.1, 0.15) is 88.7 Å². The van der Waals surface area contributed by atoms with Crippen LogP contribution in [0.3, 0.4) is 0 Å². The molecule has 0 bridgehead atoms. The summed E-state index contributed by atoms with van der Waals surface area (Å²) in [6.07, 6.45) is -0.512. The molecule has 4 aromatic rings. The van der Waals surface area contributed by atoms with Crippen LogP contribution >= 0.6 is 0 Å². The van der Waals surface area contributed by atoms with Crippen molar-refractivity contribution in [1.82, 2.24) is 16.0 Å². The number of epoxide rings is 1. The Bertz CT molecular complexity index is 2120. The van der Waals surface area contributed by atoms with E-state index in [1.165, 1.54) is 24.3 Å². The Labute approximate surface area is 372 Å². The van der Waals surface area contributed by atoms with Gasteiger partial charge < -0.3 is 50.5 Å². The number of carbonyl (C=O) groups is 2. The lowest BCUT2D eigenvalue weighted by Gasteiger charge is -2.30. The van der Waals surface area contributed by atoms with Crippen molar-refractivity contribution in [2.75, 3.05) is 26.4 Å². The van der Waals surface area contributed by atoms with Gasteiger partial charge in [0.05, 0.1) is 38.0 Å². The molecule has 4 aromatic carbocycles. The first-order valence-corrected chi connectivity index (χ1v) is 21.3. The van der Waals surface area contributed by atoms with Gasteiger partial charge in [-0.1, -0.05) is 36.4 Å². The number of carbonyl (C=O) groups excluding carboxylic acids is 2. The molecule has 0 spiro atoms. The molecule has 0 saturated carbocycles. The first-order chi connectivity index (χ1) is 30.2. The number of aliphatic hydroxyl groups is 1. The van der Waals surface area contributed by atoms with Crippen molar-refractivity contribution in [1.29, 1.82) is 0 Å². The van der Waals surface area contributed by atoms with Gasteiger partial charge in [0.1, 0.15) is 52.1 Å². The van der Waals surface area contributed by atoms with Gasteiger partial charge in [-0.15, -0.1) is 0 Å². The Kier molecular flexibility index (Phi) is 17.4. The highest BCUT2D eigenvalue weighted by Gasteiger charge is 2.35. The summed E-state index contributed by atoms with van der Waals surface area (Å²) in [6, 6.07) is 21.0. The van der Waals surface area contributed by atoms with Crippen molar-refractivity contribution in [2.45, 2.75) is 115 Å². The monoisotopic (exact) mass is 896 g/mol. The van der Waals surface area contributed by atoms with Crippen LogP contribution in [0.15, 0.2) is 84.9 Å². The number of amides is 2. The smallest absolute Gasteiger partial charge is 0.407 e. The molecule has 1 fully saturated rings. The van der Waals surface area contributed by atoms with Crippen LogP contribution in [0.2, 0.25) is 0 Å². The molecule has 6 atom stereocenters. The average Bonchev–Trinajstić information content (AvgIpc) is 4.04. The van der Waals surface area contributed by atoms with E-state index in [0.29, 0.717) is 24.3 Å². The van der Waals surface area contributed by atoms with Gasteiger partial charge in [-0.2, -0.15) is 0 Å². The van der Waals surface area contributed by atoms with E-state index < -0.39 is 58.8 Å². The van der Waals surface area contributed by atoms with Gasteiger partial charge in [0.2, 0.25) is 0 Å². The lowest BCUT2D eigenvalue weighted by molar-refractivity contribution is 0.0417. The van der Waals surface area contributed by atoms with Gasteiger partial charge in [0, 0.05) is 54.7 Å². The van der Waals surface area contributed by atoms with Crippen LogP contribution in [0.4, 0.5) is 27.2 Å². The summed E-state index contributed by atoms with van der Waals surface area (Å²) in [5.74, 6) is -0.976. The molecule has 0 radical (unpaired) electrons. The SMILES string of the molecule is CC(C)(C)OC(=O)NC(Cc1cc(F)cc(F)c1)C1CO1.CC(C)(C)OC(=O)NC(Cc1cc(F)cc(F)c1)[C@H](O)CNC1CCOc2ccccc21.NC1CCOc2ccccc21. The molecule has 3 aliphatic heterocycles. The zero-order valence-corrected chi connectivity index (χ0v) is 37.1. The number of rotatable bonds is 11. The molecule has 3 heterocycles. The lowest BCUT2D eigenvalue weighted by Crippen LogP contribution is -2.50. The number of aliphatic hydroxyl groups excluding tert-OH is 1. The van der Waals surface area contributed by atoms with E-state index in [9.17, 15) is 32.3 Å². The molecule has 12 nitrogen and oxygen atoms in total. The fraction of sp³-hybridized carbons (Fsp3) is 0.458. The molecular formula is C48H60F4N4O8. The van der Waals surface area contributed by atoms with E-state index in [4.69, 9.17) is 29.4 Å². The molecule has 1 saturated heterocycles. The van der Waals surface area contributed by atoms with E-state index in [-0.39, 0.29) is 43.6 Å². The lowest BCUT2D eigenvalue weighted by atomic mass is 9.98. The second-order valence-corrected chi connectivity index (χ2v) is 17.8. The van der Waals surface area contributed by atoms with Crippen molar-refractivity contribution >= 4 is 12.2 Å². The Morgan fingerprint density at radius 2 is 1.19 bits per heavy atom. The number of alkyl carbamates (subject to hydrolysis) is 2. The zero-order chi connectivity index (χ0) is 46.6.